The lowest BCUT2D eigenvalue weighted by atomic mass is 10.2. The average Bonchev–Trinajstić information content (AvgIpc) is 3.57. The Balaban J connectivity index is 1.41. The summed E-state index contributed by atoms with van der Waals surface area (Å²) in [5.41, 5.74) is 2.78. The van der Waals surface area contributed by atoms with Crippen LogP contribution < -0.4 is 10.1 Å². The lowest BCUT2D eigenvalue weighted by Crippen LogP contribution is -2.25. The lowest BCUT2D eigenvalue weighted by Gasteiger charge is -2.17. The molecule has 0 radical (unpaired) electrons. The second kappa shape index (κ2) is 13.3. The van der Waals surface area contributed by atoms with Crippen LogP contribution in [0.4, 0.5) is 11.6 Å². The monoisotopic (exact) mass is 494 g/mol. The van der Waals surface area contributed by atoms with Crippen molar-refractivity contribution in [2.24, 2.45) is 0 Å². The van der Waals surface area contributed by atoms with Crippen LogP contribution >= 0.6 is 11.3 Å². The van der Waals surface area contributed by atoms with Crippen LogP contribution in [-0.4, -0.2) is 54.3 Å². The van der Waals surface area contributed by atoms with Crippen LogP contribution in [0.15, 0.2) is 55.3 Å². The summed E-state index contributed by atoms with van der Waals surface area (Å²) in [4.78, 5) is 13.8. The predicted octanol–water partition coefficient (Wildman–Crippen LogP) is 5.66. The fourth-order valence-electron chi connectivity index (χ4n) is 3.94. The number of ether oxygens (including phenoxy) is 3. The largest absolute Gasteiger partial charge is 0.492 e. The number of nitrogens with zero attached hydrogens (tertiary/aromatic N) is 3. The molecule has 1 aromatic carbocycles. The van der Waals surface area contributed by atoms with E-state index in [1.54, 1.807) is 23.6 Å². The van der Waals surface area contributed by atoms with Gasteiger partial charge in [0.15, 0.2) is 0 Å². The van der Waals surface area contributed by atoms with Gasteiger partial charge in [0.2, 0.25) is 5.95 Å². The van der Waals surface area contributed by atoms with Crippen molar-refractivity contribution in [2.45, 2.75) is 33.0 Å². The van der Waals surface area contributed by atoms with Gasteiger partial charge in [0.1, 0.15) is 12.4 Å². The standard InChI is InChI=1S/C27H34N4O3S/c1-3-16-33-20-23-8-10-26(35-23)24-11-12-28-27(30-24)29-22-7-9-25(21(18-22)19-32-4-2)34-17-15-31-13-5-6-14-31/h3,7-12,18H,1,4-6,13-17,19-20H2,2H3,(H,28,29,30). The summed E-state index contributed by atoms with van der Waals surface area (Å²) < 4.78 is 17.4. The van der Waals surface area contributed by atoms with Crippen LogP contribution in [0.25, 0.3) is 10.6 Å². The van der Waals surface area contributed by atoms with E-state index in [-0.39, 0.29) is 0 Å². The van der Waals surface area contributed by atoms with Gasteiger partial charge in [-0.3, -0.25) is 4.90 Å². The molecule has 186 valence electrons. The minimum absolute atomic E-state index is 0.498. The zero-order chi connectivity index (χ0) is 24.3. The first-order valence-corrected chi connectivity index (χ1v) is 13.0. The van der Waals surface area contributed by atoms with E-state index in [2.05, 4.69) is 40.0 Å². The maximum Gasteiger partial charge on any atom is 0.227 e. The molecule has 35 heavy (non-hydrogen) atoms. The topological polar surface area (TPSA) is 68.7 Å². The Kier molecular flexibility index (Phi) is 9.65. The summed E-state index contributed by atoms with van der Waals surface area (Å²) in [5.74, 6) is 1.41. The summed E-state index contributed by atoms with van der Waals surface area (Å²) >= 11 is 1.67. The molecule has 1 fully saturated rings. The van der Waals surface area contributed by atoms with Gasteiger partial charge in [0.05, 0.1) is 30.4 Å². The van der Waals surface area contributed by atoms with Gasteiger partial charge in [-0.2, -0.15) is 0 Å². The van der Waals surface area contributed by atoms with Gasteiger partial charge in [0.25, 0.3) is 0 Å². The molecule has 0 saturated carbocycles. The molecule has 4 rings (SSSR count). The van der Waals surface area contributed by atoms with E-state index >= 15 is 0 Å². The predicted molar refractivity (Wildman–Crippen MR) is 141 cm³/mol. The van der Waals surface area contributed by atoms with Gasteiger partial charge < -0.3 is 19.5 Å². The smallest absolute Gasteiger partial charge is 0.227 e. The minimum Gasteiger partial charge on any atom is -0.492 e. The number of nitrogens with one attached hydrogen (secondary N) is 1. The van der Waals surface area contributed by atoms with Crippen LogP contribution in [-0.2, 0) is 22.7 Å². The molecular weight excluding hydrogens is 460 g/mol. The first kappa shape index (κ1) is 25.3. The van der Waals surface area contributed by atoms with E-state index in [1.807, 2.05) is 25.1 Å². The first-order chi connectivity index (χ1) is 17.2. The second-order valence-electron chi connectivity index (χ2n) is 8.32. The zero-order valence-electron chi connectivity index (χ0n) is 20.4. The van der Waals surface area contributed by atoms with Gasteiger partial charge in [-0.15, -0.1) is 17.9 Å². The number of thiophene rings is 1. The molecule has 0 unspecified atom stereocenters. The molecule has 3 aromatic rings. The fraction of sp³-hybridized carbons (Fsp3) is 0.407. The van der Waals surface area contributed by atoms with Crippen LogP contribution in [0, 0.1) is 0 Å². The lowest BCUT2D eigenvalue weighted by molar-refractivity contribution is 0.130. The minimum atomic E-state index is 0.498. The Morgan fingerprint density at radius 1 is 1.11 bits per heavy atom. The number of benzene rings is 1. The molecule has 0 spiro atoms. The summed E-state index contributed by atoms with van der Waals surface area (Å²) in [7, 11) is 0. The third-order valence-corrected chi connectivity index (χ3v) is 6.77. The molecule has 2 aromatic heterocycles. The molecular formula is C27H34N4O3S. The number of anilines is 2. The van der Waals surface area contributed by atoms with Crippen molar-refractivity contribution in [3.05, 3.63) is 65.7 Å². The molecule has 7 nitrogen and oxygen atoms in total. The van der Waals surface area contributed by atoms with Crippen LogP contribution in [0.1, 0.15) is 30.2 Å². The number of aromatic nitrogens is 2. The molecule has 1 aliphatic rings. The number of hydrogen-bond donors (Lipinski definition) is 1. The molecule has 8 heteroatoms. The normalized spacial score (nSPS) is 13.7. The van der Waals surface area contributed by atoms with E-state index in [1.165, 1.54) is 25.9 Å². The van der Waals surface area contributed by atoms with Crippen molar-refractivity contribution in [2.75, 3.05) is 44.8 Å². The molecule has 0 bridgehead atoms. The zero-order valence-corrected chi connectivity index (χ0v) is 21.2. The molecule has 1 saturated heterocycles. The molecule has 0 amide bonds. The highest BCUT2D eigenvalue weighted by Crippen LogP contribution is 2.29. The third-order valence-electron chi connectivity index (χ3n) is 5.69. The quantitative estimate of drug-likeness (QED) is 0.229. The molecule has 1 N–H and O–H groups in total. The van der Waals surface area contributed by atoms with Crippen molar-refractivity contribution >= 4 is 23.0 Å². The average molecular weight is 495 g/mol. The highest BCUT2D eigenvalue weighted by Gasteiger charge is 2.13. The Morgan fingerprint density at radius 3 is 2.83 bits per heavy atom. The molecule has 3 heterocycles. The molecule has 0 aliphatic carbocycles. The Labute approximate surface area is 211 Å². The van der Waals surface area contributed by atoms with E-state index in [0.717, 1.165) is 39.0 Å². The van der Waals surface area contributed by atoms with E-state index in [0.29, 0.717) is 39.0 Å². The van der Waals surface area contributed by atoms with E-state index in [4.69, 9.17) is 19.2 Å². The second-order valence-corrected chi connectivity index (χ2v) is 9.49. The van der Waals surface area contributed by atoms with Crippen molar-refractivity contribution in [3.63, 3.8) is 0 Å². The Bertz CT molecular complexity index is 1080. The maximum atomic E-state index is 6.12. The van der Waals surface area contributed by atoms with Gasteiger partial charge in [-0.05, 0) is 69.3 Å². The van der Waals surface area contributed by atoms with Crippen molar-refractivity contribution in [3.8, 4) is 16.3 Å². The Hall–Kier alpha value is -2.78. The van der Waals surface area contributed by atoms with Crippen molar-refractivity contribution in [1.29, 1.82) is 0 Å². The van der Waals surface area contributed by atoms with E-state index < -0.39 is 0 Å². The Morgan fingerprint density at radius 2 is 2.00 bits per heavy atom. The van der Waals surface area contributed by atoms with Crippen molar-refractivity contribution < 1.29 is 14.2 Å². The van der Waals surface area contributed by atoms with Crippen LogP contribution in [0.5, 0.6) is 5.75 Å². The summed E-state index contributed by atoms with van der Waals surface area (Å²) in [6.45, 7) is 11.9. The fourth-order valence-corrected chi connectivity index (χ4v) is 4.85. The first-order valence-electron chi connectivity index (χ1n) is 12.2. The number of likely N-dealkylation sites (tertiary alicyclic amines) is 1. The van der Waals surface area contributed by atoms with Gasteiger partial charge >= 0.3 is 0 Å². The van der Waals surface area contributed by atoms with Crippen LogP contribution in [0.3, 0.4) is 0 Å². The van der Waals surface area contributed by atoms with Crippen molar-refractivity contribution in [1.82, 2.24) is 14.9 Å². The maximum absolute atomic E-state index is 6.12. The summed E-state index contributed by atoms with van der Waals surface area (Å²) in [5, 5.41) is 3.33. The molecule has 0 atom stereocenters. The molecule has 1 aliphatic heterocycles. The third kappa shape index (κ3) is 7.60. The highest BCUT2D eigenvalue weighted by molar-refractivity contribution is 7.15. The van der Waals surface area contributed by atoms with Gasteiger partial charge in [0, 0.05) is 35.5 Å². The SMILES string of the molecule is C=CCOCc1ccc(-c2ccnc(Nc3ccc(OCCN4CCCC4)c(COCC)c3)n2)s1. The number of hydrogen-bond acceptors (Lipinski definition) is 8. The van der Waals surface area contributed by atoms with Gasteiger partial charge in [-0.1, -0.05) is 6.08 Å². The van der Waals surface area contributed by atoms with E-state index in [9.17, 15) is 0 Å². The summed E-state index contributed by atoms with van der Waals surface area (Å²) in [6, 6.07) is 12.1. The van der Waals surface area contributed by atoms with Crippen LogP contribution in [0.2, 0.25) is 0 Å². The highest BCUT2D eigenvalue weighted by atomic mass is 32.1. The summed E-state index contributed by atoms with van der Waals surface area (Å²) in [6.07, 6.45) is 6.10. The van der Waals surface area contributed by atoms with Gasteiger partial charge in [-0.25, -0.2) is 9.97 Å². The number of rotatable bonds is 14.